The average molecular weight is 214 g/mol. The number of hydrogen-bond acceptors (Lipinski definition) is 3. The predicted octanol–water partition coefficient (Wildman–Crippen LogP) is 2.03. The normalized spacial score (nSPS) is 10.0. The van der Waals surface area contributed by atoms with Crippen molar-refractivity contribution in [3.8, 4) is 11.1 Å². The molecule has 1 aromatic heterocycles. The number of carbonyl (C=O) groups is 1. The molecule has 2 rings (SSSR count). The highest BCUT2D eigenvalue weighted by molar-refractivity contribution is 5.94. The number of carboxylic acid groups (broad SMARTS) is 1. The van der Waals surface area contributed by atoms with Crippen LogP contribution in [0, 0.1) is 0 Å². The van der Waals surface area contributed by atoms with Gasteiger partial charge >= 0.3 is 5.97 Å². The summed E-state index contributed by atoms with van der Waals surface area (Å²) in [4.78, 5) is 14.9. The summed E-state index contributed by atoms with van der Waals surface area (Å²) in [7, 11) is 0. The molecule has 1 heterocycles. The van der Waals surface area contributed by atoms with Crippen molar-refractivity contribution in [2.45, 2.75) is 0 Å². The van der Waals surface area contributed by atoms with Gasteiger partial charge in [0, 0.05) is 5.56 Å². The van der Waals surface area contributed by atoms with Crippen molar-refractivity contribution >= 4 is 11.8 Å². The number of anilines is 1. The molecule has 0 radical (unpaired) electrons. The highest BCUT2D eigenvalue weighted by Gasteiger charge is 2.13. The lowest BCUT2D eigenvalue weighted by atomic mass is 10.0. The predicted molar refractivity (Wildman–Crippen MR) is 61.0 cm³/mol. The van der Waals surface area contributed by atoms with Gasteiger partial charge in [-0.1, -0.05) is 30.3 Å². The van der Waals surface area contributed by atoms with E-state index in [1.54, 1.807) is 12.1 Å². The molecule has 0 aliphatic rings. The second-order valence-electron chi connectivity index (χ2n) is 3.30. The van der Waals surface area contributed by atoms with E-state index in [0.29, 0.717) is 5.56 Å². The maximum atomic E-state index is 11.0. The van der Waals surface area contributed by atoms with E-state index in [1.807, 2.05) is 30.3 Å². The highest BCUT2D eigenvalue weighted by Crippen LogP contribution is 2.23. The van der Waals surface area contributed by atoms with E-state index in [0.717, 1.165) is 5.56 Å². The van der Waals surface area contributed by atoms with Crippen LogP contribution in [0.5, 0.6) is 0 Å². The van der Waals surface area contributed by atoms with E-state index < -0.39 is 5.97 Å². The summed E-state index contributed by atoms with van der Waals surface area (Å²) < 4.78 is 0. The molecule has 4 heteroatoms. The lowest BCUT2D eigenvalue weighted by Gasteiger charge is -2.05. The van der Waals surface area contributed by atoms with Crippen molar-refractivity contribution in [3.05, 3.63) is 48.2 Å². The van der Waals surface area contributed by atoms with Crippen molar-refractivity contribution in [3.63, 3.8) is 0 Å². The Morgan fingerprint density at radius 2 is 1.81 bits per heavy atom. The summed E-state index contributed by atoms with van der Waals surface area (Å²) in [6.07, 6.45) is 0. The number of pyridine rings is 1. The van der Waals surface area contributed by atoms with E-state index in [-0.39, 0.29) is 11.5 Å². The molecule has 16 heavy (non-hydrogen) atoms. The van der Waals surface area contributed by atoms with Gasteiger partial charge in [0.2, 0.25) is 0 Å². The van der Waals surface area contributed by atoms with Crippen molar-refractivity contribution in [2.24, 2.45) is 0 Å². The summed E-state index contributed by atoms with van der Waals surface area (Å²) in [5.74, 6) is -0.872. The minimum absolute atomic E-state index is 0.0220. The molecule has 4 nitrogen and oxygen atoms in total. The summed E-state index contributed by atoms with van der Waals surface area (Å²) in [6.45, 7) is 0. The maximum absolute atomic E-state index is 11.0. The lowest BCUT2D eigenvalue weighted by molar-refractivity contribution is 0.0691. The van der Waals surface area contributed by atoms with Crippen LogP contribution in [0.4, 0.5) is 5.82 Å². The van der Waals surface area contributed by atoms with Crippen LogP contribution < -0.4 is 5.73 Å². The Hall–Kier alpha value is -2.36. The zero-order chi connectivity index (χ0) is 11.5. The Morgan fingerprint density at radius 1 is 1.12 bits per heavy atom. The van der Waals surface area contributed by atoms with Gasteiger partial charge in [-0.3, -0.25) is 0 Å². The molecule has 0 spiro atoms. The van der Waals surface area contributed by atoms with E-state index in [4.69, 9.17) is 10.8 Å². The van der Waals surface area contributed by atoms with Gasteiger partial charge < -0.3 is 10.8 Å². The zero-order valence-electron chi connectivity index (χ0n) is 8.42. The minimum atomic E-state index is -1.08. The zero-order valence-corrected chi connectivity index (χ0v) is 8.42. The number of nitrogens with zero attached hydrogens (tertiary/aromatic N) is 1. The minimum Gasteiger partial charge on any atom is -0.476 e. The molecule has 0 saturated heterocycles. The molecular weight excluding hydrogens is 204 g/mol. The van der Waals surface area contributed by atoms with Gasteiger partial charge in [-0.25, -0.2) is 9.78 Å². The average Bonchev–Trinajstić information content (AvgIpc) is 2.30. The first-order valence-electron chi connectivity index (χ1n) is 4.73. The molecule has 0 atom stereocenters. The third-order valence-corrected chi connectivity index (χ3v) is 2.20. The summed E-state index contributed by atoms with van der Waals surface area (Å²) in [5, 5.41) is 9.03. The Labute approximate surface area is 92.4 Å². The Bertz CT molecular complexity index is 524. The molecule has 0 bridgehead atoms. The topological polar surface area (TPSA) is 76.2 Å². The molecule has 1 aromatic carbocycles. The fourth-order valence-corrected chi connectivity index (χ4v) is 1.49. The number of aromatic nitrogens is 1. The van der Waals surface area contributed by atoms with Crippen molar-refractivity contribution in [2.75, 3.05) is 5.73 Å². The number of nitrogen functional groups attached to an aromatic ring is 1. The first kappa shape index (κ1) is 10.2. The molecule has 0 amide bonds. The van der Waals surface area contributed by atoms with Gasteiger partial charge in [-0.15, -0.1) is 0 Å². The van der Waals surface area contributed by atoms with Crippen LogP contribution >= 0.6 is 0 Å². The third kappa shape index (κ3) is 1.86. The van der Waals surface area contributed by atoms with Crippen molar-refractivity contribution < 1.29 is 9.90 Å². The van der Waals surface area contributed by atoms with Crippen LogP contribution in [0.3, 0.4) is 0 Å². The number of rotatable bonds is 2. The monoisotopic (exact) mass is 214 g/mol. The van der Waals surface area contributed by atoms with Crippen LogP contribution in [-0.2, 0) is 0 Å². The van der Waals surface area contributed by atoms with Crippen molar-refractivity contribution in [1.82, 2.24) is 4.98 Å². The first-order valence-corrected chi connectivity index (χ1v) is 4.73. The highest BCUT2D eigenvalue weighted by atomic mass is 16.4. The summed E-state index contributed by atoms with van der Waals surface area (Å²) in [5.41, 5.74) is 6.83. The molecule has 0 saturated carbocycles. The van der Waals surface area contributed by atoms with Gasteiger partial charge in [-0.2, -0.15) is 0 Å². The smallest absolute Gasteiger partial charge is 0.355 e. The standard InChI is InChI=1S/C12H10N2O2/c13-10-7-6-9(11(14-10)12(15)16)8-4-2-1-3-5-8/h1-7H,(H2,13,14)(H,15,16). The van der Waals surface area contributed by atoms with Crippen LogP contribution in [0.15, 0.2) is 42.5 Å². The largest absolute Gasteiger partial charge is 0.476 e. The van der Waals surface area contributed by atoms with Gasteiger partial charge in [0.15, 0.2) is 5.69 Å². The van der Waals surface area contributed by atoms with Crippen LogP contribution in [0.2, 0.25) is 0 Å². The van der Waals surface area contributed by atoms with Crippen molar-refractivity contribution in [1.29, 1.82) is 0 Å². The van der Waals surface area contributed by atoms with Crippen LogP contribution in [0.1, 0.15) is 10.5 Å². The van der Waals surface area contributed by atoms with Gasteiger partial charge in [0.25, 0.3) is 0 Å². The molecule has 0 fully saturated rings. The van der Waals surface area contributed by atoms with E-state index >= 15 is 0 Å². The Morgan fingerprint density at radius 3 is 2.44 bits per heavy atom. The van der Waals surface area contributed by atoms with Gasteiger partial charge in [-0.05, 0) is 17.7 Å². The fourth-order valence-electron chi connectivity index (χ4n) is 1.49. The quantitative estimate of drug-likeness (QED) is 0.801. The van der Waals surface area contributed by atoms with E-state index in [2.05, 4.69) is 4.98 Å². The summed E-state index contributed by atoms with van der Waals surface area (Å²) in [6, 6.07) is 12.5. The van der Waals surface area contributed by atoms with E-state index in [9.17, 15) is 4.79 Å². The fraction of sp³-hybridized carbons (Fsp3) is 0. The number of nitrogens with two attached hydrogens (primary N) is 1. The third-order valence-electron chi connectivity index (χ3n) is 2.20. The maximum Gasteiger partial charge on any atom is 0.355 e. The lowest BCUT2D eigenvalue weighted by Crippen LogP contribution is -2.05. The molecule has 0 unspecified atom stereocenters. The number of carboxylic acids is 1. The van der Waals surface area contributed by atoms with Crippen LogP contribution in [-0.4, -0.2) is 16.1 Å². The SMILES string of the molecule is Nc1ccc(-c2ccccc2)c(C(=O)O)n1. The van der Waals surface area contributed by atoms with Gasteiger partial charge in [0.1, 0.15) is 5.82 Å². The first-order chi connectivity index (χ1) is 7.68. The molecule has 2 aromatic rings. The molecular formula is C12H10N2O2. The molecule has 3 N–H and O–H groups in total. The number of benzene rings is 1. The number of hydrogen-bond donors (Lipinski definition) is 2. The molecule has 0 aliphatic heterocycles. The van der Waals surface area contributed by atoms with E-state index in [1.165, 1.54) is 0 Å². The summed E-state index contributed by atoms with van der Waals surface area (Å²) >= 11 is 0. The molecule has 0 aliphatic carbocycles. The number of aromatic carboxylic acids is 1. The Kier molecular flexibility index (Phi) is 2.55. The van der Waals surface area contributed by atoms with Gasteiger partial charge in [0.05, 0.1) is 0 Å². The second-order valence-corrected chi connectivity index (χ2v) is 3.30. The van der Waals surface area contributed by atoms with Crippen LogP contribution in [0.25, 0.3) is 11.1 Å². The molecule has 80 valence electrons. The Balaban J connectivity index is 2.61. The second kappa shape index (κ2) is 4.02.